The highest BCUT2D eigenvalue weighted by atomic mass is 79.9. The number of aliphatic hydroxyl groups is 1. The maximum absolute atomic E-state index is 14.1. The first-order chi connectivity index (χ1) is 9.90. The molecular formula is C16H22BrF2NO. The van der Waals surface area contributed by atoms with Crippen LogP contribution in [-0.2, 0) is 6.42 Å². The number of nitrogens with zero attached hydrogens (tertiary/aromatic N) is 1. The molecule has 2 unspecified atom stereocenters. The molecule has 21 heavy (non-hydrogen) atoms. The van der Waals surface area contributed by atoms with Crippen LogP contribution in [-0.4, -0.2) is 34.7 Å². The van der Waals surface area contributed by atoms with E-state index in [-0.39, 0.29) is 16.5 Å². The van der Waals surface area contributed by atoms with E-state index in [1.54, 1.807) is 0 Å². The zero-order valence-electron chi connectivity index (χ0n) is 12.5. The Morgan fingerprint density at radius 2 is 1.95 bits per heavy atom. The Bertz CT molecular complexity index is 505. The molecule has 5 heteroatoms. The van der Waals surface area contributed by atoms with Crippen LogP contribution >= 0.6 is 15.9 Å². The molecule has 0 spiro atoms. The van der Waals surface area contributed by atoms with E-state index in [1.165, 1.54) is 12.1 Å². The van der Waals surface area contributed by atoms with Crippen LogP contribution < -0.4 is 0 Å². The largest absolute Gasteiger partial charge is 0.391 e. The standard InChI is InChI=1S/C16H22BrF2NO/c1-3-16(2,20-8-4-5-9-20)14(21)10-11-13(18)7-6-12(17)15(11)19/h6-7,14,21H,3-5,8-10H2,1-2H3. The van der Waals surface area contributed by atoms with Crippen LogP contribution in [0, 0.1) is 11.6 Å². The molecule has 2 atom stereocenters. The monoisotopic (exact) mass is 361 g/mol. The summed E-state index contributed by atoms with van der Waals surface area (Å²) in [6.45, 7) is 5.86. The Kier molecular flexibility index (Phi) is 5.38. The van der Waals surface area contributed by atoms with E-state index in [2.05, 4.69) is 20.8 Å². The topological polar surface area (TPSA) is 23.5 Å². The van der Waals surface area contributed by atoms with Gasteiger partial charge in [0.05, 0.1) is 10.6 Å². The van der Waals surface area contributed by atoms with E-state index in [1.807, 2.05) is 13.8 Å². The normalized spacial score (nSPS) is 20.5. The summed E-state index contributed by atoms with van der Waals surface area (Å²) in [7, 11) is 0. The number of hydrogen-bond donors (Lipinski definition) is 1. The van der Waals surface area contributed by atoms with Crippen molar-refractivity contribution in [1.29, 1.82) is 0 Å². The molecule has 1 aliphatic rings. The number of likely N-dealkylation sites (tertiary alicyclic amines) is 1. The summed E-state index contributed by atoms with van der Waals surface area (Å²) in [5.74, 6) is -1.22. The van der Waals surface area contributed by atoms with Gasteiger partial charge in [-0.1, -0.05) is 6.92 Å². The van der Waals surface area contributed by atoms with E-state index in [0.717, 1.165) is 32.4 Å². The fourth-order valence-electron chi connectivity index (χ4n) is 3.07. The Morgan fingerprint density at radius 1 is 1.33 bits per heavy atom. The van der Waals surface area contributed by atoms with Crippen molar-refractivity contribution >= 4 is 15.9 Å². The minimum absolute atomic E-state index is 0.0159. The molecule has 0 aliphatic carbocycles. The maximum Gasteiger partial charge on any atom is 0.143 e. The van der Waals surface area contributed by atoms with Crippen molar-refractivity contribution in [2.24, 2.45) is 0 Å². The number of halogens is 3. The molecule has 2 rings (SSSR count). The maximum atomic E-state index is 14.1. The lowest BCUT2D eigenvalue weighted by molar-refractivity contribution is -0.0125. The number of hydrogen-bond acceptors (Lipinski definition) is 2. The van der Waals surface area contributed by atoms with Crippen molar-refractivity contribution in [3.63, 3.8) is 0 Å². The van der Waals surface area contributed by atoms with E-state index in [0.29, 0.717) is 0 Å². The van der Waals surface area contributed by atoms with Crippen molar-refractivity contribution < 1.29 is 13.9 Å². The zero-order chi connectivity index (χ0) is 15.6. The van der Waals surface area contributed by atoms with Gasteiger partial charge in [-0.05, 0) is 67.3 Å². The average Bonchev–Trinajstić information content (AvgIpc) is 3.01. The van der Waals surface area contributed by atoms with Crippen LogP contribution in [0.4, 0.5) is 8.78 Å². The van der Waals surface area contributed by atoms with Crippen LogP contribution in [0.3, 0.4) is 0 Å². The third-order valence-corrected chi connectivity index (χ3v) is 5.41. The third-order valence-electron chi connectivity index (χ3n) is 4.80. The molecule has 0 amide bonds. The van der Waals surface area contributed by atoms with E-state index in [9.17, 15) is 13.9 Å². The molecule has 1 heterocycles. The van der Waals surface area contributed by atoms with E-state index in [4.69, 9.17) is 0 Å². The molecule has 1 aromatic carbocycles. The van der Waals surface area contributed by atoms with Gasteiger partial charge in [-0.3, -0.25) is 4.90 Å². The second kappa shape index (κ2) is 6.71. The second-order valence-corrected chi connectivity index (χ2v) is 6.80. The van der Waals surface area contributed by atoms with Gasteiger partial charge in [-0.15, -0.1) is 0 Å². The van der Waals surface area contributed by atoms with Crippen LogP contribution in [0.2, 0.25) is 0 Å². The summed E-state index contributed by atoms with van der Waals surface area (Å²) >= 11 is 3.07. The van der Waals surface area contributed by atoms with Crippen LogP contribution in [0.15, 0.2) is 16.6 Å². The van der Waals surface area contributed by atoms with Gasteiger partial charge in [0.25, 0.3) is 0 Å². The predicted octanol–water partition coefficient (Wildman–Crippen LogP) is 3.90. The molecule has 1 fully saturated rings. The molecule has 1 N–H and O–H groups in total. The lowest BCUT2D eigenvalue weighted by atomic mass is 9.85. The minimum Gasteiger partial charge on any atom is -0.391 e. The number of aliphatic hydroxyl groups excluding tert-OH is 1. The van der Waals surface area contributed by atoms with Crippen LogP contribution in [0.1, 0.15) is 38.7 Å². The quantitative estimate of drug-likeness (QED) is 0.804. The molecule has 0 saturated carbocycles. The number of rotatable bonds is 5. The highest BCUT2D eigenvalue weighted by Crippen LogP contribution is 2.31. The molecular weight excluding hydrogens is 340 g/mol. The zero-order valence-corrected chi connectivity index (χ0v) is 14.1. The van der Waals surface area contributed by atoms with Crippen molar-refractivity contribution in [2.75, 3.05) is 13.1 Å². The summed E-state index contributed by atoms with van der Waals surface area (Å²) < 4.78 is 28.2. The average molecular weight is 362 g/mol. The van der Waals surface area contributed by atoms with Gasteiger partial charge in [-0.25, -0.2) is 8.78 Å². The van der Waals surface area contributed by atoms with Gasteiger partial charge in [-0.2, -0.15) is 0 Å². The SMILES string of the molecule is CCC(C)(C(O)Cc1c(F)ccc(Br)c1F)N1CCCC1. The molecule has 118 valence electrons. The molecule has 0 aromatic heterocycles. The summed E-state index contributed by atoms with van der Waals surface area (Å²) in [6.07, 6.45) is 2.15. The Balaban J connectivity index is 2.23. The Morgan fingerprint density at radius 3 is 2.52 bits per heavy atom. The lowest BCUT2D eigenvalue weighted by Gasteiger charge is -2.42. The number of benzene rings is 1. The summed E-state index contributed by atoms with van der Waals surface area (Å²) in [6, 6.07) is 2.58. The van der Waals surface area contributed by atoms with Crippen molar-refractivity contribution in [3.05, 3.63) is 33.8 Å². The van der Waals surface area contributed by atoms with Gasteiger partial charge in [0, 0.05) is 17.5 Å². The highest BCUT2D eigenvalue weighted by molar-refractivity contribution is 9.10. The van der Waals surface area contributed by atoms with Crippen LogP contribution in [0.25, 0.3) is 0 Å². The highest BCUT2D eigenvalue weighted by Gasteiger charge is 2.39. The third kappa shape index (κ3) is 3.30. The smallest absolute Gasteiger partial charge is 0.143 e. The van der Waals surface area contributed by atoms with E-state index < -0.39 is 23.3 Å². The first kappa shape index (κ1) is 16.8. The molecule has 2 nitrogen and oxygen atoms in total. The molecule has 1 aromatic rings. The summed E-state index contributed by atoms with van der Waals surface area (Å²) in [4.78, 5) is 2.24. The second-order valence-electron chi connectivity index (χ2n) is 5.95. The van der Waals surface area contributed by atoms with Gasteiger partial charge in [0.1, 0.15) is 11.6 Å². The van der Waals surface area contributed by atoms with Crippen molar-refractivity contribution in [1.82, 2.24) is 4.90 Å². The van der Waals surface area contributed by atoms with Crippen LogP contribution in [0.5, 0.6) is 0 Å². The molecule has 1 aliphatic heterocycles. The lowest BCUT2D eigenvalue weighted by Crippen LogP contribution is -2.54. The van der Waals surface area contributed by atoms with Gasteiger partial charge < -0.3 is 5.11 Å². The Hall–Kier alpha value is -0.520. The molecule has 0 bridgehead atoms. The Labute approximate surface area is 133 Å². The first-order valence-electron chi connectivity index (χ1n) is 7.45. The van der Waals surface area contributed by atoms with Gasteiger partial charge >= 0.3 is 0 Å². The van der Waals surface area contributed by atoms with Crippen molar-refractivity contribution in [3.8, 4) is 0 Å². The van der Waals surface area contributed by atoms with Gasteiger partial charge in [0.2, 0.25) is 0 Å². The first-order valence-corrected chi connectivity index (χ1v) is 8.25. The summed E-state index contributed by atoms with van der Waals surface area (Å²) in [5, 5.41) is 10.6. The minimum atomic E-state index is -0.807. The van der Waals surface area contributed by atoms with E-state index >= 15 is 0 Å². The predicted molar refractivity (Wildman–Crippen MR) is 83.3 cm³/mol. The molecule has 0 radical (unpaired) electrons. The fourth-order valence-corrected chi connectivity index (χ4v) is 3.44. The van der Waals surface area contributed by atoms with Gasteiger partial charge in [0.15, 0.2) is 0 Å². The summed E-state index contributed by atoms with van der Waals surface area (Å²) in [5.41, 5.74) is -0.492. The molecule has 1 saturated heterocycles. The van der Waals surface area contributed by atoms with Crippen molar-refractivity contribution in [2.45, 2.75) is 51.2 Å². The fraction of sp³-hybridized carbons (Fsp3) is 0.625.